The van der Waals surface area contributed by atoms with Crippen LogP contribution in [0.5, 0.6) is 0 Å². The summed E-state index contributed by atoms with van der Waals surface area (Å²) < 4.78 is 32.3. The highest BCUT2D eigenvalue weighted by Crippen LogP contribution is 2.23. The Morgan fingerprint density at radius 2 is 1.83 bits per heavy atom. The van der Waals surface area contributed by atoms with Crippen molar-refractivity contribution in [1.29, 1.82) is 0 Å². The van der Waals surface area contributed by atoms with E-state index >= 15 is 0 Å². The van der Waals surface area contributed by atoms with E-state index in [-0.39, 0.29) is 17.8 Å². The van der Waals surface area contributed by atoms with E-state index in [2.05, 4.69) is 18.7 Å². The van der Waals surface area contributed by atoms with Crippen molar-refractivity contribution in [1.82, 2.24) is 9.21 Å². The number of rotatable bonds is 7. The lowest BCUT2D eigenvalue weighted by molar-refractivity contribution is 0.0665. The van der Waals surface area contributed by atoms with Crippen LogP contribution in [0.15, 0.2) is 24.3 Å². The van der Waals surface area contributed by atoms with E-state index in [1.165, 1.54) is 0 Å². The first-order valence-electron chi connectivity index (χ1n) is 8.31. The zero-order valence-corrected chi connectivity index (χ0v) is 16.2. The summed E-state index contributed by atoms with van der Waals surface area (Å²) in [6.45, 7) is 6.86. The third-order valence-electron chi connectivity index (χ3n) is 4.52. The van der Waals surface area contributed by atoms with Crippen LogP contribution in [0.2, 0.25) is 5.02 Å². The molecule has 1 heterocycles. The highest BCUT2D eigenvalue weighted by molar-refractivity contribution is 7.88. The van der Waals surface area contributed by atoms with Crippen LogP contribution in [0.1, 0.15) is 25.8 Å². The van der Waals surface area contributed by atoms with E-state index in [1.807, 2.05) is 6.07 Å². The van der Waals surface area contributed by atoms with E-state index in [0.717, 1.165) is 19.6 Å². The molecule has 1 aromatic rings. The van der Waals surface area contributed by atoms with Gasteiger partial charge in [0.2, 0.25) is 10.0 Å². The van der Waals surface area contributed by atoms with Gasteiger partial charge in [0.15, 0.2) is 0 Å². The summed E-state index contributed by atoms with van der Waals surface area (Å²) in [5.41, 5.74) is 0.655. The van der Waals surface area contributed by atoms with E-state index in [9.17, 15) is 8.42 Å². The van der Waals surface area contributed by atoms with Crippen LogP contribution in [-0.4, -0.2) is 63.1 Å². The zero-order valence-electron chi connectivity index (χ0n) is 14.6. The van der Waals surface area contributed by atoms with Gasteiger partial charge in [-0.25, -0.2) is 8.42 Å². The van der Waals surface area contributed by atoms with E-state index < -0.39 is 10.0 Å². The summed E-state index contributed by atoms with van der Waals surface area (Å²) in [5, 5.41) is 0.500. The standard InChI is InChI=1S/C17H27ClN2O3S/c1-14-11-19(12-15(2)20(14)9-6-10-23-3)24(21,22)13-16-7-4-5-8-17(16)18/h4-5,7-8,14-15H,6,9-13H2,1-3H3. The van der Waals surface area contributed by atoms with E-state index in [0.29, 0.717) is 23.7 Å². The molecule has 2 atom stereocenters. The molecule has 1 fully saturated rings. The Balaban J connectivity index is 2.04. The van der Waals surface area contributed by atoms with Gasteiger partial charge >= 0.3 is 0 Å². The quantitative estimate of drug-likeness (QED) is 0.688. The monoisotopic (exact) mass is 374 g/mol. The SMILES string of the molecule is COCCCN1C(C)CN(S(=O)(=O)Cc2ccccc2Cl)CC1C. The first-order chi connectivity index (χ1) is 11.3. The number of hydrogen-bond acceptors (Lipinski definition) is 4. The topological polar surface area (TPSA) is 49.9 Å². The highest BCUT2D eigenvalue weighted by atomic mass is 35.5. The second-order valence-electron chi connectivity index (χ2n) is 6.45. The maximum Gasteiger partial charge on any atom is 0.218 e. The molecule has 0 spiro atoms. The molecule has 0 N–H and O–H groups in total. The number of nitrogens with zero attached hydrogens (tertiary/aromatic N) is 2. The number of sulfonamides is 1. The number of piperazine rings is 1. The van der Waals surface area contributed by atoms with Crippen molar-refractivity contribution in [3.8, 4) is 0 Å². The van der Waals surface area contributed by atoms with Crippen molar-refractivity contribution in [3.63, 3.8) is 0 Å². The minimum Gasteiger partial charge on any atom is -0.385 e. The summed E-state index contributed by atoms with van der Waals surface area (Å²) in [6, 6.07) is 7.49. The molecular formula is C17H27ClN2O3S. The maximum absolute atomic E-state index is 12.8. The van der Waals surface area contributed by atoms with Crippen LogP contribution in [0.4, 0.5) is 0 Å². The molecule has 0 bridgehead atoms. The Bertz CT molecular complexity index is 626. The van der Waals surface area contributed by atoms with E-state index in [4.69, 9.17) is 16.3 Å². The van der Waals surface area contributed by atoms with Crippen molar-refractivity contribution in [3.05, 3.63) is 34.9 Å². The predicted octanol–water partition coefficient (Wildman–Crippen LogP) is 2.60. The molecule has 136 valence electrons. The third kappa shape index (κ3) is 4.92. The van der Waals surface area contributed by atoms with Crippen molar-refractivity contribution in [2.45, 2.75) is 38.1 Å². The zero-order chi connectivity index (χ0) is 17.7. The Labute approximate surface area is 150 Å². The van der Waals surface area contributed by atoms with Gasteiger partial charge in [-0.3, -0.25) is 4.90 Å². The lowest BCUT2D eigenvalue weighted by Gasteiger charge is -2.43. The van der Waals surface area contributed by atoms with Crippen LogP contribution >= 0.6 is 11.6 Å². The fourth-order valence-corrected chi connectivity index (χ4v) is 5.27. The van der Waals surface area contributed by atoms with Crippen molar-refractivity contribution in [2.75, 3.05) is 33.4 Å². The summed E-state index contributed by atoms with van der Waals surface area (Å²) in [4.78, 5) is 2.36. The molecule has 0 aromatic heterocycles. The molecule has 0 radical (unpaired) electrons. The molecule has 5 nitrogen and oxygen atoms in total. The Morgan fingerprint density at radius 1 is 1.21 bits per heavy atom. The number of benzene rings is 1. The molecule has 0 amide bonds. The molecule has 7 heteroatoms. The van der Waals surface area contributed by atoms with Crippen LogP contribution in [-0.2, 0) is 20.5 Å². The normalized spacial score (nSPS) is 23.5. The number of hydrogen-bond donors (Lipinski definition) is 0. The second-order valence-corrected chi connectivity index (χ2v) is 8.82. The van der Waals surface area contributed by atoms with Gasteiger partial charge in [-0.1, -0.05) is 29.8 Å². The summed E-state index contributed by atoms with van der Waals surface area (Å²) in [5.74, 6) is -0.0458. The van der Waals surface area contributed by atoms with Crippen LogP contribution < -0.4 is 0 Å². The highest BCUT2D eigenvalue weighted by Gasteiger charge is 2.35. The molecule has 24 heavy (non-hydrogen) atoms. The maximum atomic E-state index is 12.8. The summed E-state index contributed by atoms with van der Waals surface area (Å²) in [7, 11) is -1.68. The van der Waals surface area contributed by atoms with E-state index in [1.54, 1.807) is 29.6 Å². The Hall–Kier alpha value is -0.660. The first kappa shape index (κ1) is 19.7. The molecule has 0 saturated carbocycles. The largest absolute Gasteiger partial charge is 0.385 e. The first-order valence-corrected chi connectivity index (χ1v) is 10.3. The molecule has 1 aromatic carbocycles. The van der Waals surface area contributed by atoms with Gasteiger partial charge in [-0.05, 0) is 31.9 Å². The van der Waals surface area contributed by atoms with Gasteiger partial charge in [-0.2, -0.15) is 4.31 Å². The second kappa shape index (κ2) is 8.63. The minimum atomic E-state index is -3.38. The van der Waals surface area contributed by atoms with Gasteiger partial charge in [0.25, 0.3) is 0 Å². The van der Waals surface area contributed by atoms with Crippen LogP contribution in [0.3, 0.4) is 0 Å². The summed E-state index contributed by atoms with van der Waals surface area (Å²) in [6.07, 6.45) is 0.956. The Kier molecular flexibility index (Phi) is 7.07. The lowest BCUT2D eigenvalue weighted by Crippen LogP contribution is -2.58. The predicted molar refractivity (Wildman–Crippen MR) is 97.8 cm³/mol. The molecule has 0 aliphatic carbocycles. The molecule has 1 saturated heterocycles. The van der Waals surface area contributed by atoms with Gasteiger partial charge < -0.3 is 4.74 Å². The van der Waals surface area contributed by atoms with Crippen molar-refractivity contribution in [2.24, 2.45) is 0 Å². The van der Waals surface area contributed by atoms with Crippen LogP contribution in [0.25, 0.3) is 0 Å². The third-order valence-corrected chi connectivity index (χ3v) is 6.65. The van der Waals surface area contributed by atoms with Gasteiger partial charge in [-0.15, -0.1) is 0 Å². The fourth-order valence-electron chi connectivity index (χ4n) is 3.27. The average Bonchev–Trinajstić information content (AvgIpc) is 2.52. The van der Waals surface area contributed by atoms with Crippen molar-refractivity contribution >= 4 is 21.6 Å². The molecular weight excluding hydrogens is 348 g/mol. The van der Waals surface area contributed by atoms with Gasteiger partial charge in [0, 0.05) is 50.5 Å². The number of halogens is 1. The fraction of sp³-hybridized carbons (Fsp3) is 0.647. The molecule has 1 aliphatic rings. The van der Waals surface area contributed by atoms with Crippen molar-refractivity contribution < 1.29 is 13.2 Å². The van der Waals surface area contributed by atoms with Gasteiger partial charge in [0.05, 0.1) is 5.75 Å². The number of methoxy groups -OCH3 is 1. The van der Waals surface area contributed by atoms with Crippen LogP contribution in [0, 0.1) is 0 Å². The number of ether oxygens (including phenoxy) is 1. The molecule has 2 rings (SSSR count). The van der Waals surface area contributed by atoms with Gasteiger partial charge in [0.1, 0.15) is 0 Å². The molecule has 2 unspecified atom stereocenters. The average molecular weight is 375 g/mol. The molecule has 1 aliphatic heterocycles. The minimum absolute atomic E-state index is 0.0458. The summed E-state index contributed by atoms with van der Waals surface area (Å²) >= 11 is 6.12. The lowest BCUT2D eigenvalue weighted by atomic mass is 10.1. The Morgan fingerprint density at radius 3 is 2.42 bits per heavy atom. The smallest absolute Gasteiger partial charge is 0.218 e.